The molecule has 1 rings (SSSR count). The normalized spacial score (nSPS) is 29.8. The van der Waals surface area contributed by atoms with Gasteiger partial charge in [0.25, 0.3) is 0 Å². The van der Waals surface area contributed by atoms with Crippen LogP contribution in [0.4, 0.5) is 0 Å². The van der Waals surface area contributed by atoms with E-state index in [2.05, 4.69) is 13.0 Å². The highest BCUT2D eigenvalue weighted by atomic mass is 28.2. The van der Waals surface area contributed by atoms with Gasteiger partial charge in [-0.3, -0.25) is 0 Å². The van der Waals surface area contributed by atoms with Crippen molar-refractivity contribution in [1.29, 1.82) is 0 Å². The Kier molecular flexibility index (Phi) is 3.66. The maximum Gasteiger partial charge on any atom is 0.102 e. The summed E-state index contributed by atoms with van der Waals surface area (Å²) in [5.41, 5.74) is 0. The molecule has 3 heteroatoms. The minimum Gasteiger partial charge on any atom is -0.386 e. The third-order valence-corrected chi connectivity index (χ3v) is 4.33. The largest absolute Gasteiger partial charge is 0.386 e. The zero-order chi connectivity index (χ0) is 9.84. The van der Waals surface area contributed by atoms with Gasteiger partial charge in [-0.25, -0.2) is 0 Å². The Morgan fingerprint density at radius 3 is 2.85 bits per heavy atom. The zero-order valence-corrected chi connectivity index (χ0v) is 9.48. The molecule has 0 spiro atoms. The predicted molar refractivity (Wildman–Crippen MR) is 57.2 cm³/mol. The van der Waals surface area contributed by atoms with Crippen LogP contribution in [0.1, 0.15) is 13.8 Å². The molecule has 2 N–H and O–H groups in total. The average molecular weight is 196 g/mol. The van der Waals surface area contributed by atoms with Gasteiger partial charge in [-0.15, -0.1) is 0 Å². The molecule has 0 saturated heterocycles. The number of hydrogen-bond acceptors (Lipinski definition) is 2. The number of rotatable bonds is 2. The zero-order valence-electron chi connectivity index (χ0n) is 8.07. The van der Waals surface area contributed by atoms with Crippen LogP contribution in [0.25, 0.3) is 0 Å². The van der Waals surface area contributed by atoms with Gasteiger partial charge in [0.05, 0.1) is 9.52 Å². The second-order valence-corrected chi connectivity index (χ2v) is 5.66. The third-order valence-electron chi connectivity index (χ3n) is 2.30. The van der Waals surface area contributed by atoms with Gasteiger partial charge in [0.1, 0.15) is 12.2 Å². The van der Waals surface area contributed by atoms with Crippen LogP contribution in [-0.2, 0) is 0 Å². The van der Waals surface area contributed by atoms with Crippen molar-refractivity contribution in [2.75, 3.05) is 0 Å². The highest BCUT2D eigenvalue weighted by molar-refractivity contribution is 6.54. The quantitative estimate of drug-likeness (QED) is 0.622. The van der Waals surface area contributed by atoms with Gasteiger partial charge in [-0.1, -0.05) is 34.7 Å². The Bertz CT molecular complexity index is 266. The van der Waals surface area contributed by atoms with Gasteiger partial charge in [-0.2, -0.15) is 0 Å². The molecule has 0 radical (unpaired) electrons. The summed E-state index contributed by atoms with van der Waals surface area (Å²) in [7, 11) is -0.528. The fourth-order valence-corrected chi connectivity index (χ4v) is 2.86. The summed E-state index contributed by atoms with van der Waals surface area (Å²) < 4.78 is 0. The maximum absolute atomic E-state index is 9.62. The second kappa shape index (κ2) is 4.55. The van der Waals surface area contributed by atoms with Gasteiger partial charge in [0.15, 0.2) is 0 Å². The molecule has 0 heterocycles. The number of aliphatic hydroxyl groups is 2. The van der Waals surface area contributed by atoms with Gasteiger partial charge in [-0.05, 0) is 13.8 Å². The molecule has 0 amide bonds. The van der Waals surface area contributed by atoms with Crippen molar-refractivity contribution in [2.24, 2.45) is 0 Å². The topological polar surface area (TPSA) is 40.5 Å². The van der Waals surface area contributed by atoms with Crippen molar-refractivity contribution < 1.29 is 10.2 Å². The lowest BCUT2D eigenvalue weighted by Crippen LogP contribution is -2.30. The first-order chi connectivity index (χ1) is 6.15. The molecule has 0 fully saturated rings. The summed E-state index contributed by atoms with van der Waals surface area (Å²) in [6.07, 6.45) is 6.06. The Balaban J connectivity index is 2.69. The van der Waals surface area contributed by atoms with Crippen LogP contribution in [0.3, 0.4) is 0 Å². The molecule has 0 aromatic rings. The fourth-order valence-electron chi connectivity index (χ4n) is 1.30. The minimum absolute atomic E-state index is 0.528. The molecule has 2 nitrogen and oxygen atoms in total. The minimum atomic E-state index is -0.711. The summed E-state index contributed by atoms with van der Waals surface area (Å²) >= 11 is 0. The summed E-state index contributed by atoms with van der Waals surface area (Å²) in [6.45, 7) is 4.08. The Morgan fingerprint density at radius 1 is 1.54 bits per heavy atom. The molecule has 1 aliphatic rings. The van der Waals surface area contributed by atoms with E-state index in [1.54, 1.807) is 6.08 Å². The smallest absolute Gasteiger partial charge is 0.102 e. The van der Waals surface area contributed by atoms with Crippen LogP contribution in [0, 0.1) is 0 Å². The summed E-state index contributed by atoms with van der Waals surface area (Å²) in [4.78, 5) is 0. The Hall–Kier alpha value is -0.643. The molecule has 0 aromatic carbocycles. The van der Waals surface area contributed by atoms with E-state index < -0.39 is 21.7 Å². The van der Waals surface area contributed by atoms with Crippen LogP contribution in [0.5, 0.6) is 0 Å². The van der Waals surface area contributed by atoms with Crippen molar-refractivity contribution in [3.8, 4) is 0 Å². The van der Waals surface area contributed by atoms with E-state index in [0.717, 1.165) is 5.20 Å². The lowest BCUT2D eigenvalue weighted by Gasteiger charge is -2.21. The van der Waals surface area contributed by atoms with Gasteiger partial charge in [0.2, 0.25) is 0 Å². The molecular formula is C10H16O2Si. The fraction of sp³-hybridized carbons (Fsp3) is 0.400. The highest BCUT2D eigenvalue weighted by Gasteiger charge is 2.20. The van der Waals surface area contributed by atoms with E-state index in [1.807, 2.05) is 19.1 Å². The lowest BCUT2D eigenvalue weighted by molar-refractivity contribution is 0.0761. The van der Waals surface area contributed by atoms with Crippen LogP contribution in [-0.4, -0.2) is 31.9 Å². The van der Waals surface area contributed by atoms with Crippen molar-refractivity contribution in [2.45, 2.75) is 26.1 Å². The number of allylic oxidation sites excluding steroid dienone is 4. The van der Waals surface area contributed by atoms with E-state index in [-0.39, 0.29) is 0 Å². The highest BCUT2D eigenvalue weighted by Crippen LogP contribution is 2.14. The standard InChI is InChI=1S/C10H16O2Si/c1-3-7(2)13-9-6-4-5-8(11)10(9)12/h3-6,8,10-12H,13H2,1-2H3/t8-,10-/m0/s1. The van der Waals surface area contributed by atoms with Crippen LogP contribution in [0.2, 0.25) is 0 Å². The monoisotopic (exact) mass is 196 g/mol. The summed E-state index contributed by atoms with van der Waals surface area (Å²) in [6, 6.07) is 0. The Labute approximate surface area is 81.1 Å². The van der Waals surface area contributed by atoms with Gasteiger partial charge >= 0.3 is 0 Å². The predicted octanol–water partition coefficient (Wildman–Crippen LogP) is 0.254. The van der Waals surface area contributed by atoms with Crippen molar-refractivity contribution in [1.82, 2.24) is 0 Å². The van der Waals surface area contributed by atoms with E-state index in [4.69, 9.17) is 0 Å². The van der Waals surface area contributed by atoms with Crippen molar-refractivity contribution in [3.05, 3.63) is 34.7 Å². The first-order valence-electron chi connectivity index (χ1n) is 4.50. The molecule has 72 valence electrons. The van der Waals surface area contributed by atoms with Crippen LogP contribution >= 0.6 is 0 Å². The summed E-state index contributed by atoms with van der Waals surface area (Å²) in [5.74, 6) is 0. The molecular weight excluding hydrogens is 180 g/mol. The first kappa shape index (κ1) is 10.4. The van der Waals surface area contributed by atoms with E-state index >= 15 is 0 Å². The molecule has 2 atom stereocenters. The summed E-state index contributed by atoms with van der Waals surface area (Å²) in [5, 5.41) is 21.3. The van der Waals surface area contributed by atoms with E-state index in [0.29, 0.717) is 0 Å². The SMILES string of the molecule is CC=C(C)[SiH2]C1=CC=C[C@H](O)[C@@H]1O. The van der Waals surface area contributed by atoms with Crippen molar-refractivity contribution >= 4 is 9.52 Å². The molecule has 0 unspecified atom stereocenters. The molecule has 1 aliphatic carbocycles. The Morgan fingerprint density at radius 2 is 2.23 bits per heavy atom. The van der Waals surface area contributed by atoms with Gasteiger partial charge in [0, 0.05) is 0 Å². The van der Waals surface area contributed by atoms with Crippen LogP contribution in [0.15, 0.2) is 34.7 Å². The lowest BCUT2D eigenvalue weighted by atomic mass is 10.1. The van der Waals surface area contributed by atoms with Gasteiger partial charge < -0.3 is 10.2 Å². The average Bonchev–Trinajstić information content (AvgIpc) is 2.13. The second-order valence-electron chi connectivity index (χ2n) is 3.37. The van der Waals surface area contributed by atoms with Crippen LogP contribution < -0.4 is 0 Å². The van der Waals surface area contributed by atoms with E-state index in [1.165, 1.54) is 5.20 Å². The molecule has 0 aromatic heterocycles. The number of aliphatic hydroxyl groups excluding tert-OH is 2. The number of hydrogen-bond donors (Lipinski definition) is 2. The molecule has 0 saturated carbocycles. The molecule has 0 aliphatic heterocycles. The molecule has 13 heavy (non-hydrogen) atoms. The van der Waals surface area contributed by atoms with Crippen molar-refractivity contribution in [3.63, 3.8) is 0 Å². The van der Waals surface area contributed by atoms with E-state index in [9.17, 15) is 10.2 Å². The first-order valence-corrected chi connectivity index (χ1v) is 5.91. The third kappa shape index (κ3) is 2.65. The maximum atomic E-state index is 9.62. The molecule has 0 bridgehead atoms.